The van der Waals surface area contributed by atoms with E-state index in [4.69, 9.17) is 0 Å². The Balaban J connectivity index is 1.57. The molecule has 0 saturated heterocycles. The van der Waals surface area contributed by atoms with E-state index in [0.29, 0.717) is 6.04 Å². The van der Waals surface area contributed by atoms with E-state index in [-0.39, 0.29) is 0 Å². The van der Waals surface area contributed by atoms with Crippen molar-refractivity contribution in [2.75, 3.05) is 6.54 Å². The normalized spacial score (nSPS) is 30.0. The molecule has 2 aliphatic rings. The van der Waals surface area contributed by atoms with Crippen molar-refractivity contribution < 1.29 is 0 Å². The molecule has 1 N–H and O–H groups in total. The third kappa shape index (κ3) is 3.22. The minimum absolute atomic E-state index is 0.580. The molecule has 1 aromatic heterocycles. The molecule has 112 valence electrons. The Kier molecular flexibility index (Phi) is 4.39. The van der Waals surface area contributed by atoms with Crippen LogP contribution in [0.3, 0.4) is 0 Å². The van der Waals surface area contributed by atoms with Crippen molar-refractivity contribution in [1.82, 2.24) is 20.3 Å². The molecule has 0 amide bonds. The zero-order valence-electron chi connectivity index (χ0n) is 12.9. The zero-order chi connectivity index (χ0) is 13.9. The Morgan fingerprint density at radius 1 is 1.40 bits per heavy atom. The van der Waals surface area contributed by atoms with Crippen molar-refractivity contribution >= 4 is 0 Å². The quantitative estimate of drug-likeness (QED) is 0.832. The summed E-state index contributed by atoms with van der Waals surface area (Å²) in [6.45, 7) is 3.36. The van der Waals surface area contributed by atoms with Gasteiger partial charge in [-0.25, -0.2) is 0 Å². The standard InChI is InChI=1S/C16H28N4/c1-3-6-17-15(10-16-11-20(2)19-18-16)9-14-8-12-4-5-13(14)7-12/h11-15,17H,3-10H2,1-2H3. The van der Waals surface area contributed by atoms with E-state index >= 15 is 0 Å². The van der Waals surface area contributed by atoms with Crippen LogP contribution in [0.4, 0.5) is 0 Å². The lowest BCUT2D eigenvalue weighted by molar-refractivity contribution is 0.276. The van der Waals surface area contributed by atoms with Crippen LogP contribution in [0.2, 0.25) is 0 Å². The Bertz CT molecular complexity index is 428. The SMILES string of the molecule is CCCNC(Cc1cn(C)nn1)CC1CC2CCC1C2. The van der Waals surface area contributed by atoms with Crippen LogP contribution in [0, 0.1) is 17.8 Å². The zero-order valence-corrected chi connectivity index (χ0v) is 12.9. The maximum Gasteiger partial charge on any atom is 0.0842 e. The fourth-order valence-corrected chi connectivity index (χ4v) is 4.36. The Morgan fingerprint density at radius 3 is 2.90 bits per heavy atom. The van der Waals surface area contributed by atoms with Gasteiger partial charge in [-0.2, -0.15) is 0 Å². The molecule has 0 radical (unpaired) electrons. The maximum absolute atomic E-state index is 4.26. The molecule has 0 aromatic carbocycles. The molecule has 4 nitrogen and oxygen atoms in total. The van der Waals surface area contributed by atoms with E-state index in [2.05, 4.69) is 28.7 Å². The number of aryl methyl sites for hydroxylation is 1. The van der Waals surface area contributed by atoms with Crippen molar-refractivity contribution in [1.29, 1.82) is 0 Å². The van der Waals surface area contributed by atoms with Gasteiger partial charge in [0.25, 0.3) is 0 Å². The number of aromatic nitrogens is 3. The van der Waals surface area contributed by atoms with Crippen LogP contribution in [0.1, 0.15) is 51.1 Å². The van der Waals surface area contributed by atoms with Crippen molar-refractivity contribution in [2.24, 2.45) is 24.8 Å². The molecule has 4 heteroatoms. The van der Waals surface area contributed by atoms with Gasteiger partial charge < -0.3 is 5.32 Å². The fraction of sp³-hybridized carbons (Fsp3) is 0.875. The van der Waals surface area contributed by atoms with Crippen molar-refractivity contribution in [2.45, 2.75) is 57.9 Å². The van der Waals surface area contributed by atoms with E-state index in [9.17, 15) is 0 Å². The third-order valence-corrected chi connectivity index (χ3v) is 5.26. The van der Waals surface area contributed by atoms with Crippen LogP contribution in [-0.4, -0.2) is 27.6 Å². The van der Waals surface area contributed by atoms with Crippen LogP contribution < -0.4 is 5.32 Å². The monoisotopic (exact) mass is 276 g/mol. The number of rotatable bonds is 7. The van der Waals surface area contributed by atoms with Crippen LogP contribution in [0.15, 0.2) is 6.20 Å². The summed E-state index contributed by atoms with van der Waals surface area (Å²) in [5, 5.41) is 12.1. The first-order valence-corrected chi connectivity index (χ1v) is 8.33. The average Bonchev–Trinajstić information content (AvgIpc) is 3.13. The molecule has 0 aliphatic heterocycles. The van der Waals surface area contributed by atoms with E-state index in [1.807, 2.05) is 11.7 Å². The summed E-state index contributed by atoms with van der Waals surface area (Å²) in [7, 11) is 1.95. The summed E-state index contributed by atoms with van der Waals surface area (Å²) in [6, 6.07) is 0.580. The first kappa shape index (κ1) is 14.1. The highest BCUT2D eigenvalue weighted by Crippen LogP contribution is 2.49. The van der Waals surface area contributed by atoms with Gasteiger partial charge in [-0.1, -0.05) is 18.6 Å². The second kappa shape index (κ2) is 6.25. The van der Waals surface area contributed by atoms with Gasteiger partial charge in [-0.15, -0.1) is 5.10 Å². The summed E-state index contributed by atoms with van der Waals surface area (Å²) in [5.74, 6) is 3.03. The van der Waals surface area contributed by atoms with Gasteiger partial charge in [0.15, 0.2) is 0 Å². The lowest BCUT2D eigenvalue weighted by Gasteiger charge is -2.27. The summed E-state index contributed by atoms with van der Waals surface area (Å²) in [4.78, 5) is 0. The van der Waals surface area contributed by atoms with Crippen LogP contribution >= 0.6 is 0 Å². The topological polar surface area (TPSA) is 42.7 Å². The summed E-state index contributed by atoms with van der Waals surface area (Å²) < 4.78 is 1.81. The third-order valence-electron chi connectivity index (χ3n) is 5.26. The number of hydrogen-bond acceptors (Lipinski definition) is 3. The smallest absolute Gasteiger partial charge is 0.0842 e. The second-order valence-electron chi connectivity index (χ2n) is 6.91. The summed E-state index contributed by atoms with van der Waals surface area (Å²) in [6.07, 6.45) is 11.6. The second-order valence-corrected chi connectivity index (χ2v) is 6.91. The molecule has 1 heterocycles. The predicted octanol–water partition coefficient (Wildman–Crippen LogP) is 2.55. The highest BCUT2D eigenvalue weighted by molar-refractivity contribution is 4.98. The van der Waals surface area contributed by atoms with Crippen molar-refractivity contribution in [3.63, 3.8) is 0 Å². The molecule has 0 spiro atoms. The van der Waals surface area contributed by atoms with Gasteiger partial charge in [-0.05, 0) is 56.4 Å². The Morgan fingerprint density at radius 2 is 2.30 bits per heavy atom. The lowest BCUT2D eigenvalue weighted by Crippen LogP contribution is -2.35. The highest BCUT2D eigenvalue weighted by Gasteiger charge is 2.40. The molecule has 2 aliphatic carbocycles. The molecular formula is C16H28N4. The largest absolute Gasteiger partial charge is 0.314 e. The molecule has 2 bridgehead atoms. The number of fused-ring (bicyclic) bond motifs is 2. The van der Waals surface area contributed by atoms with Crippen molar-refractivity contribution in [3.8, 4) is 0 Å². The highest BCUT2D eigenvalue weighted by atomic mass is 15.4. The van der Waals surface area contributed by atoms with Gasteiger partial charge in [0.1, 0.15) is 0 Å². The van der Waals surface area contributed by atoms with Crippen LogP contribution in [-0.2, 0) is 13.5 Å². The fourth-order valence-electron chi connectivity index (χ4n) is 4.36. The number of nitrogens with zero attached hydrogens (tertiary/aromatic N) is 3. The van der Waals surface area contributed by atoms with E-state index in [1.54, 1.807) is 0 Å². The van der Waals surface area contributed by atoms with Gasteiger partial charge in [0.05, 0.1) is 5.69 Å². The maximum atomic E-state index is 4.26. The summed E-state index contributed by atoms with van der Waals surface area (Å²) in [5.41, 5.74) is 1.13. The van der Waals surface area contributed by atoms with E-state index < -0.39 is 0 Å². The summed E-state index contributed by atoms with van der Waals surface area (Å²) >= 11 is 0. The first-order valence-electron chi connectivity index (χ1n) is 8.33. The Hall–Kier alpha value is -0.900. The minimum atomic E-state index is 0.580. The average molecular weight is 276 g/mol. The molecule has 1 aromatic rings. The number of nitrogens with one attached hydrogen (secondary N) is 1. The lowest BCUT2D eigenvalue weighted by atomic mass is 9.83. The van der Waals surface area contributed by atoms with Crippen LogP contribution in [0.5, 0.6) is 0 Å². The first-order chi connectivity index (χ1) is 9.74. The predicted molar refractivity (Wildman–Crippen MR) is 80.3 cm³/mol. The van der Waals surface area contributed by atoms with Gasteiger partial charge in [0, 0.05) is 25.7 Å². The molecule has 2 fully saturated rings. The van der Waals surface area contributed by atoms with Gasteiger partial charge in [0.2, 0.25) is 0 Å². The number of hydrogen-bond donors (Lipinski definition) is 1. The van der Waals surface area contributed by atoms with Crippen molar-refractivity contribution in [3.05, 3.63) is 11.9 Å². The van der Waals surface area contributed by atoms with E-state index in [0.717, 1.165) is 36.4 Å². The molecule has 4 atom stereocenters. The van der Waals surface area contributed by atoms with Crippen LogP contribution in [0.25, 0.3) is 0 Å². The molecule has 4 unspecified atom stereocenters. The van der Waals surface area contributed by atoms with Gasteiger partial charge in [-0.3, -0.25) is 4.68 Å². The van der Waals surface area contributed by atoms with E-state index in [1.165, 1.54) is 38.5 Å². The minimum Gasteiger partial charge on any atom is -0.314 e. The van der Waals surface area contributed by atoms with Gasteiger partial charge >= 0.3 is 0 Å². The molecule has 3 rings (SSSR count). The Labute approximate surface area is 122 Å². The molecule has 2 saturated carbocycles. The molecule has 20 heavy (non-hydrogen) atoms. The molecular weight excluding hydrogens is 248 g/mol.